The molecule has 1 aromatic rings. The summed E-state index contributed by atoms with van der Waals surface area (Å²) in [6.07, 6.45) is 0. The fourth-order valence-electron chi connectivity index (χ4n) is 0.917. The number of carbonyl (C=O) groups is 1. The van der Waals surface area contributed by atoms with E-state index in [1.165, 1.54) is 11.3 Å². The van der Waals surface area contributed by atoms with Crippen LogP contribution in [0.5, 0.6) is 0 Å². The van der Waals surface area contributed by atoms with E-state index in [1.807, 2.05) is 20.8 Å². The number of aryl methyl sites for hydroxylation is 1. The maximum Gasteiger partial charge on any atom is 0.263 e. The van der Waals surface area contributed by atoms with E-state index in [2.05, 4.69) is 10.3 Å². The van der Waals surface area contributed by atoms with E-state index in [-0.39, 0.29) is 11.4 Å². The van der Waals surface area contributed by atoms with Crippen molar-refractivity contribution in [3.05, 3.63) is 16.1 Å². The first-order valence-corrected chi connectivity index (χ1v) is 5.66. The summed E-state index contributed by atoms with van der Waals surface area (Å²) in [6.45, 7) is 5.58. The average molecular weight is 233 g/mol. The second kappa shape index (κ2) is 4.28. The van der Waals surface area contributed by atoms with Gasteiger partial charge in [0, 0.05) is 11.4 Å². The van der Waals surface area contributed by atoms with Gasteiger partial charge in [-0.15, -0.1) is 22.9 Å². The lowest BCUT2D eigenvalue weighted by Gasteiger charge is -2.22. The van der Waals surface area contributed by atoms with E-state index in [0.29, 0.717) is 10.8 Å². The van der Waals surface area contributed by atoms with Crippen molar-refractivity contribution in [3.63, 3.8) is 0 Å². The molecule has 78 valence electrons. The number of thiazole rings is 1. The summed E-state index contributed by atoms with van der Waals surface area (Å²) in [7, 11) is 0. The van der Waals surface area contributed by atoms with E-state index < -0.39 is 0 Å². The number of aromatic nitrogens is 1. The van der Waals surface area contributed by atoms with Crippen molar-refractivity contribution >= 4 is 28.8 Å². The summed E-state index contributed by atoms with van der Waals surface area (Å²) < 4.78 is 0. The molecule has 0 aromatic carbocycles. The molecule has 1 amide bonds. The molecule has 0 radical (unpaired) electrons. The van der Waals surface area contributed by atoms with Crippen LogP contribution in [0.2, 0.25) is 0 Å². The molecule has 3 nitrogen and oxygen atoms in total. The van der Waals surface area contributed by atoms with E-state index in [4.69, 9.17) is 11.6 Å². The van der Waals surface area contributed by atoms with Crippen LogP contribution in [0.3, 0.4) is 0 Å². The van der Waals surface area contributed by atoms with Gasteiger partial charge in [0.25, 0.3) is 5.91 Å². The highest BCUT2D eigenvalue weighted by Crippen LogP contribution is 2.14. The molecule has 0 atom stereocenters. The van der Waals surface area contributed by atoms with Crippen LogP contribution in [0.4, 0.5) is 0 Å². The van der Waals surface area contributed by atoms with Crippen molar-refractivity contribution < 1.29 is 4.79 Å². The number of hydrogen-bond donors (Lipinski definition) is 1. The topological polar surface area (TPSA) is 42.0 Å². The summed E-state index contributed by atoms with van der Waals surface area (Å²) in [5.74, 6) is 0.284. The van der Waals surface area contributed by atoms with E-state index in [0.717, 1.165) is 5.69 Å². The Morgan fingerprint density at radius 3 is 2.79 bits per heavy atom. The van der Waals surface area contributed by atoms with Crippen LogP contribution in [0.25, 0.3) is 0 Å². The third-order valence-corrected chi connectivity index (χ3v) is 3.33. The first-order valence-electron chi connectivity index (χ1n) is 4.25. The number of amides is 1. The van der Waals surface area contributed by atoms with Gasteiger partial charge in [-0.3, -0.25) is 4.79 Å². The maximum atomic E-state index is 11.7. The average Bonchev–Trinajstić information content (AvgIpc) is 2.51. The van der Waals surface area contributed by atoms with Gasteiger partial charge in [0.05, 0.1) is 11.2 Å². The minimum atomic E-state index is -0.380. The first-order chi connectivity index (χ1) is 6.46. The van der Waals surface area contributed by atoms with Gasteiger partial charge in [-0.25, -0.2) is 4.98 Å². The van der Waals surface area contributed by atoms with Crippen LogP contribution in [-0.2, 0) is 0 Å². The molecule has 0 saturated heterocycles. The van der Waals surface area contributed by atoms with Gasteiger partial charge >= 0.3 is 0 Å². The molecule has 0 aliphatic rings. The number of halogens is 1. The van der Waals surface area contributed by atoms with Gasteiger partial charge in [-0.1, -0.05) is 0 Å². The third kappa shape index (κ3) is 2.69. The van der Waals surface area contributed by atoms with E-state index >= 15 is 0 Å². The summed E-state index contributed by atoms with van der Waals surface area (Å²) in [5, 5.41) is 2.85. The molecule has 0 fully saturated rings. The Morgan fingerprint density at radius 1 is 1.71 bits per heavy atom. The highest BCUT2D eigenvalue weighted by molar-refractivity contribution is 7.11. The van der Waals surface area contributed by atoms with Crippen LogP contribution >= 0.6 is 22.9 Å². The van der Waals surface area contributed by atoms with Gasteiger partial charge in [-0.2, -0.15) is 0 Å². The number of nitrogens with zero attached hydrogens (tertiary/aromatic N) is 1. The highest BCUT2D eigenvalue weighted by atomic mass is 35.5. The van der Waals surface area contributed by atoms with Crippen LogP contribution in [0.1, 0.15) is 29.2 Å². The zero-order chi connectivity index (χ0) is 10.8. The fourth-order valence-corrected chi connectivity index (χ4v) is 1.68. The lowest BCUT2D eigenvalue weighted by molar-refractivity contribution is 0.0924. The highest BCUT2D eigenvalue weighted by Gasteiger charge is 2.21. The number of carbonyl (C=O) groups excluding carboxylic acids is 1. The van der Waals surface area contributed by atoms with Crippen molar-refractivity contribution in [2.45, 2.75) is 26.3 Å². The van der Waals surface area contributed by atoms with Gasteiger partial charge in [0.2, 0.25) is 0 Å². The van der Waals surface area contributed by atoms with E-state index in [1.54, 1.807) is 5.51 Å². The largest absolute Gasteiger partial charge is 0.345 e. The molecule has 0 saturated carbocycles. The van der Waals surface area contributed by atoms with Crippen LogP contribution in [-0.4, -0.2) is 22.3 Å². The van der Waals surface area contributed by atoms with E-state index in [9.17, 15) is 4.79 Å². The number of nitrogens with one attached hydrogen (secondary N) is 1. The summed E-state index contributed by atoms with van der Waals surface area (Å²) >= 11 is 7.05. The zero-order valence-corrected chi connectivity index (χ0v) is 10.00. The van der Waals surface area contributed by atoms with Crippen LogP contribution in [0.15, 0.2) is 5.51 Å². The van der Waals surface area contributed by atoms with Gasteiger partial charge in [-0.05, 0) is 20.8 Å². The van der Waals surface area contributed by atoms with Crippen molar-refractivity contribution in [1.82, 2.24) is 10.3 Å². The molecule has 0 aliphatic carbocycles. The zero-order valence-electron chi connectivity index (χ0n) is 8.43. The second-order valence-electron chi connectivity index (χ2n) is 3.74. The molecule has 0 spiro atoms. The van der Waals surface area contributed by atoms with Crippen molar-refractivity contribution in [2.24, 2.45) is 0 Å². The monoisotopic (exact) mass is 232 g/mol. The standard InChI is InChI=1S/C9H13ClN2OS/c1-6-7(14-5-11-6)8(13)12-9(2,3)4-10/h5H,4H2,1-3H3,(H,12,13). The molecule has 1 aromatic heterocycles. The molecule has 0 unspecified atom stereocenters. The number of rotatable bonds is 3. The van der Waals surface area contributed by atoms with Gasteiger partial charge < -0.3 is 5.32 Å². The Morgan fingerprint density at radius 2 is 2.36 bits per heavy atom. The smallest absolute Gasteiger partial charge is 0.263 e. The quantitative estimate of drug-likeness (QED) is 0.812. The minimum Gasteiger partial charge on any atom is -0.345 e. The summed E-state index contributed by atoms with van der Waals surface area (Å²) in [5.41, 5.74) is 2.05. The Hall–Kier alpha value is -0.610. The van der Waals surface area contributed by atoms with Gasteiger partial charge in [0.1, 0.15) is 4.88 Å². The Kier molecular flexibility index (Phi) is 3.50. The predicted octanol–water partition coefficient (Wildman–Crippen LogP) is 2.20. The Balaban J connectivity index is 2.73. The summed E-state index contributed by atoms with van der Waals surface area (Å²) in [6, 6.07) is 0. The molecule has 0 aliphatic heterocycles. The third-order valence-electron chi connectivity index (χ3n) is 1.74. The van der Waals surface area contributed by atoms with Crippen LogP contribution < -0.4 is 5.32 Å². The summed E-state index contributed by atoms with van der Waals surface area (Å²) in [4.78, 5) is 16.4. The fraction of sp³-hybridized carbons (Fsp3) is 0.556. The molecule has 1 heterocycles. The minimum absolute atomic E-state index is 0.101. The Bertz CT molecular complexity index is 335. The van der Waals surface area contributed by atoms with Crippen molar-refractivity contribution in [2.75, 3.05) is 5.88 Å². The van der Waals surface area contributed by atoms with Gasteiger partial charge in [0.15, 0.2) is 0 Å². The lowest BCUT2D eigenvalue weighted by atomic mass is 10.1. The molecule has 1 rings (SSSR count). The molecule has 0 bridgehead atoms. The molecular formula is C9H13ClN2OS. The van der Waals surface area contributed by atoms with Crippen molar-refractivity contribution in [1.29, 1.82) is 0 Å². The lowest BCUT2D eigenvalue weighted by Crippen LogP contribution is -2.44. The SMILES string of the molecule is Cc1ncsc1C(=O)NC(C)(C)CCl. The maximum absolute atomic E-state index is 11.7. The second-order valence-corrected chi connectivity index (χ2v) is 4.86. The van der Waals surface area contributed by atoms with Crippen molar-refractivity contribution in [3.8, 4) is 0 Å². The number of hydrogen-bond acceptors (Lipinski definition) is 3. The molecule has 14 heavy (non-hydrogen) atoms. The molecule has 5 heteroatoms. The first kappa shape index (κ1) is 11.5. The normalized spacial score (nSPS) is 11.4. The van der Waals surface area contributed by atoms with Crippen LogP contribution in [0, 0.1) is 6.92 Å². The molecular weight excluding hydrogens is 220 g/mol. The predicted molar refractivity (Wildman–Crippen MR) is 59.1 cm³/mol. The number of alkyl halides is 1. The molecule has 1 N–H and O–H groups in total. The Labute approximate surface area is 92.5 Å².